The van der Waals surface area contributed by atoms with E-state index >= 15 is 0 Å². The Kier molecular flexibility index (Phi) is 5.51. The topological polar surface area (TPSA) is 96.3 Å². The number of nitro groups is 1. The third-order valence-corrected chi connectivity index (χ3v) is 5.59. The van der Waals surface area contributed by atoms with Gasteiger partial charge in [0.15, 0.2) is 5.78 Å². The van der Waals surface area contributed by atoms with Crippen molar-refractivity contribution < 1.29 is 9.72 Å². The van der Waals surface area contributed by atoms with E-state index in [1.165, 1.54) is 12.1 Å². The lowest BCUT2D eigenvalue weighted by molar-refractivity contribution is -0.384. The molecule has 0 saturated carbocycles. The summed E-state index contributed by atoms with van der Waals surface area (Å²) >= 11 is 1.16. The molecule has 1 saturated heterocycles. The molecule has 0 bridgehead atoms. The SMILES string of the molecule is CC(C)(C)C(=O)/C=c1\[nH]c(=O)/c(=C/c2ccc(N3CCCC3)c([N+](=O)[O-])c2)s1. The maximum absolute atomic E-state index is 12.2. The summed E-state index contributed by atoms with van der Waals surface area (Å²) in [6, 6.07) is 5.02. The maximum atomic E-state index is 12.2. The number of nitro benzene ring substituents is 1. The van der Waals surface area contributed by atoms with Crippen LogP contribution >= 0.6 is 11.3 Å². The van der Waals surface area contributed by atoms with Gasteiger partial charge >= 0.3 is 0 Å². The number of hydrogen-bond donors (Lipinski definition) is 1. The van der Waals surface area contributed by atoms with E-state index in [2.05, 4.69) is 4.98 Å². The molecule has 1 aliphatic rings. The summed E-state index contributed by atoms with van der Waals surface area (Å²) in [6.07, 6.45) is 5.11. The number of nitrogens with zero attached hydrogens (tertiary/aromatic N) is 2. The largest absolute Gasteiger partial charge is 0.366 e. The standard InChI is InChI=1S/C20H23N3O4S/c1-20(2,3)17(24)12-18-21-19(25)16(28-18)11-13-6-7-14(15(10-13)23(26)27)22-8-4-5-9-22/h6-7,10-12H,4-5,8-9H2,1-3H3,(H,21,25)/b16-11-,18-12+. The Morgan fingerprint density at radius 1 is 1.29 bits per heavy atom. The van der Waals surface area contributed by atoms with Gasteiger partial charge in [0.1, 0.15) is 5.69 Å². The molecule has 1 aromatic heterocycles. The average molecular weight is 401 g/mol. The first kappa shape index (κ1) is 20.0. The van der Waals surface area contributed by atoms with Crippen molar-refractivity contribution in [3.8, 4) is 0 Å². The summed E-state index contributed by atoms with van der Waals surface area (Å²) in [6.45, 7) is 7.06. The van der Waals surface area contributed by atoms with Crippen molar-refractivity contribution in [2.45, 2.75) is 33.6 Å². The van der Waals surface area contributed by atoms with Gasteiger partial charge in [-0.05, 0) is 30.5 Å². The van der Waals surface area contributed by atoms with Crippen LogP contribution in [-0.2, 0) is 4.79 Å². The molecule has 2 aromatic rings. The van der Waals surface area contributed by atoms with Crippen LogP contribution in [0.2, 0.25) is 0 Å². The summed E-state index contributed by atoms with van der Waals surface area (Å²) in [5.41, 5.74) is 0.388. The molecule has 0 aliphatic carbocycles. The van der Waals surface area contributed by atoms with Gasteiger partial charge in [-0.2, -0.15) is 0 Å². The van der Waals surface area contributed by atoms with Crippen molar-refractivity contribution in [3.05, 3.63) is 53.4 Å². The van der Waals surface area contributed by atoms with E-state index in [4.69, 9.17) is 0 Å². The number of aromatic amines is 1. The first-order valence-electron chi connectivity index (χ1n) is 9.15. The van der Waals surface area contributed by atoms with Crippen molar-refractivity contribution in [2.75, 3.05) is 18.0 Å². The van der Waals surface area contributed by atoms with Crippen LogP contribution in [0, 0.1) is 15.5 Å². The Labute approximate surface area is 166 Å². The maximum Gasteiger partial charge on any atom is 0.293 e. The summed E-state index contributed by atoms with van der Waals surface area (Å²) < 4.78 is 0.871. The lowest BCUT2D eigenvalue weighted by Gasteiger charge is -2.17. The highest BCUT2D eigenvalue weighted by molar-refractivity contribution is 7.07. The monoisotopic (exact) mass is 401 g/mol. The first-order valence-corrected chi connectivity index (χ1v) is 9.97. The Morgan fingerprint density at radius 3 is 2.57 bits per heavy atom. The lowest BCUT2D eigenvalue weighted by atomic mass is 9.91. The van der Waals surface area contributed by atoms with Crippen molar-refractivity contribution in [3.63, 3.8) is 0 Å². The van der Waals surface area contributed by atoms with Gasteiger partial charge < -0.3 is 9.88 Å². The molecule has 3 rings (SSSR count). The number of thiazole rings is 1. The summed E-state index contributed by atoms with van der Waals surface area (Å²) in [5.74, 6) is -0.0813. The van der Waals surface area contributed by atoms with Crippen LogP contribution in [0.3, 0.4) is 0 Å². The minimum atomic E-state index is -0.531. The van der Waals surface area contributed by atoms with E-state index in [0.29, 0.717) is 20.4 Å². The molecule has 1 aliphatic heterocycles. The predicted octanol–water partition coefficient (Wildman–Crippen LogP) is 2.17. The van der Waals surface area contributed by atoms with Gasteiger partial charge in [-0.1, -0.05) is 26.8 Å². The number of hydrogen-bond acceptors (Lipinski definition) is 6. The van der Waals surface area contributed by atoms with E-state index in [1.807, 2.05) is 25.7 Å². The summed E-state index contributed by atoms with van der Waals surface area (Å²) in [4.78, 5) is 40.2. The zero-order valence-electron chi connectivity index (χ0n) is 16.2. The van der Waals surface area contributed by atoms with E-state index in [0.717, 1.165) is 37.3 Å². The quantitative estimate of drug-likeness (QED) is 0.626. The fourth-order valence-electron chi connectivity index (χ4n) is 3.01. The van der Waals surface area contributed by atoms with Gasteiger partial charge in [-0.25, -0.2) is 0 Å². The highest BCUT2D eigenvalue weighted by Gasteiger charge is 2.22. The number of aromatic nitrogens is 1. The zero-order valence-corrected chi connectivity index (χ0v) is 17.0. The molecule has 148 valence electrons. The first-order chi connectivity index (χ1) is 13.1. The van der Waals surface area contributed by atoms with Gasteiger partial charge in [0, 0.05) is 30.6 Å². The van der Waals surface area contributed by atoms with Crippen molar-refractivity contribution in [2.24, 2.45) is 5.41 Å². The van der Waals surface area contributed by atoms with Crippen LogP contribution in [0.15, 0.2) is 23.0 Å². The molecular formula is C20H23N3O4S. The summed E-state index contributed by atoms with van der Waals surface area (Å²) in [5, 5.41) is 11.5. The fourth-order valence-corrected chi connectivity index (χ4v) is 3.90. The molecule has 1 fully saturated rings. The number of rotatable bonds is 4. The van der Waals surface area contributed by atoms with Gasteiger partial charge in [0.05, 0.1) is 14.1 Å². The molecule has 0 radical (unpaired) electrons. The Balaban J connectivity index is 2.01. The number of benzene rings is 1. The van der Waals surface area contributed by atoms with Gasteiger partial charge in [0.25, 0.3) is 11.2 Å². The number of H-pyrrole nitrogens is 1. The molecular weight excluding hydrogens is 378 g/mol. The number of carbonyl (C=O) groups is 1. The molecule has 0 unspecified atom stereocenters. The molecule has 8 heteroatoms. The van der Waals surface area contributed by atoms with Crippen LogP contribution in [0.25, 0.3) is 12.2 Å². The second kappa shape index (κ2) is 7.71. The Hall–Kier alpha value is -2.74. The minimum Gasteiger partial charge on any atom is -0.366 e. The highest BCUT2D eigenvalue weighted by Crippen LogP contribution is 2.31. The normalized spacial score (nSPS) is 16.0. The lowest BCUT2D eigenvalue weighted by Crippen LogP contribution is -2.22. The third-order valence-electron chi connectivity index (χ3n) is 4.62. The molecule has 1 aromatic carbocycles. The van der Waals surface area contributed by atoms with E-state index in [9.17, 15) is 19.7 Å². The van der Waals surface area contributed by atoms with Gasteiger partial charge in [-0.15, -0.1) is 11.3 Å². The second-order valence-corrected chi connectivity index (χ2v) is 8.97. The van der Waals surface area contributed by atoms with Crippen molar-refractivity contribution >= 4 is 40.6 Å². The van der Waals surface area contributed by atoms with E-state index in [1.54, 1.807) is 18.2 Å². The zero-order chi connectivity index (χ0) is 20.5. The number of nitrogens with one attached hydrogen (secondary N) is 1. The molecule has 0 amide bonds. The van der Waals surface area contributed by atoms with Crippen LogP contribution in [-0.4, -0.2) is 28.8 Å². The molecule has 0 spiro atoms. The predicted molar refractivity (Wildman–Crippen MR) is 111 cm³/mol. The smallest absolute Gasteiger partial charge is 0.293 e. The molecule has 1 N–H and O–H groups in total. The van der Waals surface area contributed by atoms with Gasteiger partial charge in [0.2, 0.25) is 0 Å². The van der Waals surface area contributed by atoms with E-state index < -0.39 is 5.41 Å². The Morgan fingerprint density at radius 2 is 1.96 bits per heavy atom. The van der Waals surface area contributed by atoms with Crippen molar-refractivity contribution in [1.29, 1.82) is 0 Å². The average Bonchev–Trinajstić information content (AvgIpc) is 3.24. The molecule has 7 nitrogen and oxygen atoms in total. The summed E-state index contributed by atoms with van der Waals surface area (Å²) in [7, 11) is 0. The van der Waals surface area contributed by atoms with Crippen LogP contribution < -0.4 is 19.7 Å². The Bertz CT molecular complexity index is 1090. The van der Waals surface area contributed by atoms with Crippen molar-refractivity contribution in [1.82, 2.24) is 4.98 Å². The molecule has 28 heavy (non-hydrogen) atoms. The highest BCUT2D eigenvalue weighted by atomic mass is 32.1. The molecule has 2 heterocycles. The number of anilines is 1. The van der Waals surface area contributed by atoms with Crippen LogP contribution in [0.4, 0.5) is 11.4 Å². The second-order valence-electron chi connectivity index (χ2n) is 7.89. The van der Waals surface area contributed by atoms with Crippen LogP contribution in [0.1, 0.15) is 39.2 Å². The third kappa shape index (κ3) is 4.39. The van der Waals surface area contributed by atoms with Gasteiger partial charge in [-0.3, -0.25) is 19.7 Å². The molecule has 0 atom stereocenters. The number of carbonyl (C=O) groups excluding carboxylic acids is 1. The van der Waals surface area contributed by atoms with E-state index in [-0.39, 0.29) is 22.0 Å². The minimum absolute atomic E-state index is 0.0401. The number of ketones is 1. The number of Topliss-reactive ketones (excluding diaryl/α,β-unsaturated/α-hetero) is 1. The fraction of sp³-hybridized carbons (Fsp3) is 0.400. The van der Waals surface area contributed by atoms with Crippen LogP contribution in [0.5, 0.6) is 0 Å².